The second-order valence-electron chi connectivity index (χ2n) is 7.48. The Kier molecular flexibility index (Phi) is 5.10. The van der Waals surface area contributed by atoms with Crippen LogP contribution in [0.2, 0.25) is 5.02 Å². The highest BCUT2D eigenvalue weighted by molar-refractivity contribution is 7.90. The molecule has 4 rings (SSSR count). The molecule has 4 aromatic rings. The minimum atomic E-state index is -3.74. The topological polar surface area (TPSA) is 118 Å². The Morgan fingerprint density at radius 3 is 2.45 bits per heavy atom. The first-order valence-corrected chi connectivity index (χ1v) is 11.4. The second-order valence-corrected chi connectivity index (χ2v) is 9.84. The molecule has 0 saturated heterocycles. The summed E-state index contributed by atoms with van der Waals surface area (Å²) in [6, 6.07) is 6.84. The van der Waals surface area contributed by atoms with Crippen molar-refractivity contribution in [1.82, 2.24) is 19.7 Å². The summed E-state index contributed by atoms with van der Waals surface area (Å²) >= 11 is 6.33. The fourth-order valence-electron chi connectivity index (χ4n) is 3.60. The molecule has 0 spiro atoms. The smallest absolute Gasteiger partial charge is 0.338 e. The standard InChI is InChI=1S/C21H19ClN4O4S/c1-11-4-12(2)15(13(3)5-11)10-31(29,30)19-7-18-17(6-16(19)22)24-21(25-18)26-9-14(8-23-26)20(27)28/h4-9H,10H2,1-3H3,(H,24,25)(H,27,28). The molecule has 2 aromatic carbocycles. The van der Waals surface area contributed by atoms with Gasteiger partial charge in [-0.15, -0.1) is 0 Å². The van der Waals surface area contributed by atoms with Crippen LogP contribution in [0.1, 0.15) is 32.6 Å². The van der Waals surface area contributed by atoms with Gasteiger partial charge < -0.3 is 10.1 Å². The van der Waals surface area contributed by atoms with E-state index >= 15 is 0 Å². The third-order valence-corrected chi connectivity index (χ3v) is 7.18. The molecule has 0 aliphatic carbocycles. The average molecular weight is 459 g/mol. The van der Waals surface area contributed by atoms with Crippen LogP contribution >= 0.6 is 11.6 Å². The van der Waals surface area contributed by atoms with Crippen molar-refractivity contribution in [3.63, 3.8) is 0 Å². The lowest BCUT2D eigenvalue weighted by atomic mass is 10.0. The molecule has 0 atom stereocenters. The number of carboxylic acid groups (broad SMARTS) is 1. The van der Waals surface area contributed by atoms with Gasteiger partial charge in [0.25, 0.3) is 0 Å². The van der Waals surface area contributed by atoms with Crippen molar-refractivity contribution in [2.75, 3.05) is 0 Å². The maximum atomic E-state index is 13.2. The number of rotatable bonds is 5. The Bertz CT molecular complexity index is 1430. The highest BCUT2D eigenvalue weighted by Gasteiger charge is 2.23. The maximum absolute atomic E-state index is 13.2. The van der Waals surface area contributed by atoms with Crippen molar-refractivity contribution < 1.29 is 18.3 Å². The summed E-state index contributed by atoms with van der Waals surface area (Å²) in [7, 11) is -3.74. The quantitative estimate of drug-likeness (QED) is 0.466. The van der Waals surface area contributed by atoms with Gasteiger partial charge >= 0.3 is 5.97 Å². The minimum Gasteiger partial charge on any atom is -0.478 e. The van der Waals surface area contributed by atoms with Crippen molar-refractivity contribution in [1.29, 1.82) is 0 Å². The number of aryl methyl sites for hydroxylation is 3. The van der Waals surface area contributed by atoms with Crippen LogP contribution < -0.4 is 0 Å². The number of halogens is 1. The number of carboxylic acids is 1. The number of benzene rings is 2. The molecule has 0 amide bonds. The highest BCUT2D eigenvalue weighted by Crippen LogP contribution is 2.31. The molecular formula is C21H19ClN4O4S. The molecule has 2 N–H and O–H groups in total. The number of imidazole rings is 1. The summed E-state index contributed by atoms with van der Waals surface area (Å²) in [4.78, 5) is 18.4. The SMILES string of the molecule is Cc1cc(C)c(CS(=O)(=O)c2cc3[nH]c(-n4cc(C(=O)O)cn4)nc3cc2Cl)c(C)c1. The lowest BCUT2D eigenvalue weighted by molar-refractivity contribution is 0.0697. The summed E-state index contributed by atoms with van der Waals surface area (Å²) in [6.07, 6.45) is 2.51. The molecule has 2 heterocycles. The number of nitrogens with zero attached hydrogens (tertiary/aromatic N) is 3. The zero-order valence-corrected chi connectivity index (χ0v) is 18.5. The average Bonchev–Trinajstić information content (AvgIpc) is 3.30. The van der Waals surface area contributed by atoms with Crippen molar-refractivity contribution in [3.05, 3.63) is 69.5 Å². The summed E-state index contributed by atoms with van der Waals surface area (Å²) < 4.78 is 27.7. The van der Waals surface area contributed by atoms with Gasteiger partial charge in [0.05, 0.1) is 38.5 Å². The van der Waals surface area contributed by atoms with E-state index in [4.69, 9.17) is 16.7 Å². The van der Waals surface area contributed by atoms with Crippen molar-refractivity contribution in [2.45, 2.75) is 31.4 Å². The van der Waals surface area contributed by atoms with Gasteiger partial charge in [0, 0.05) is 6.20 Å². The number of aromatic carboxylic acids is 1. The van der Waals surface area contributed by atoms with Gasteiger partial charge in [-0.2, -0.15) is 5.10 Å². The highest BCUT2D eigenvalue weighted by atomic mass is 35.5. The van der Waals surface area contributed by atoms with Crippen LogP contribution in [0.3, 0.4) is 0 Å². The number of H-pyrrole nitrogens is 1. The number of nitrogens with one attached hydrogen (secondary N) is 1. The first-order chi connectivity index (χ1) is 14.5. The van der Waals surface area contributed by atoms with Crippen molar-refractivity contribution >= 4 is 38.4 Å². The maximum Gasteiger partial charge on any atom is 0.338 e. The molecule has 0 bridgehead atoms. The van der Waals surface area contributed by atoms with Crippen LogP contribution in [0.5, 0.6) is 0 Å². The van der Waals surface area contributed by atoms with E-state index in [0.29, 0.717) is 11.0 Å². The van der Waals surface area contributed by atoms with Crippen molar-refractivity contribution in [3.8, 4) is 5.95 Å². The first-order valence-electron chi connectivity index (χ1n) is 9.32. The predicted molar refractivity (Wildman–Crippen MR) is 117 cm³/mol. The number of fused-ring (bicyclic) bond motifs is 1. The molecule has 0 saturated carbocycles. The van der Waals surface area contributed by atoms with E-state index in [9.17, 15) is 13.2 Å². The fourth-order valence-corrected chi connectivity index (χ4v) is 5.75. The Balaban J connectivity index is 1.75. The molecule has 0 aliphatic rings. The van der Waals surface area contributed by atoms with Gasteiger partial charge in [-0.1, -0.05) is 29.3 Å². The van der Waals surface area contributed by atoms with Gasteiger partial charge in [-0.25, -0.2) is 22.9 Å². The monoisotopic (exact) mass is 458 g/mol. The zero-order valence-electron chi connectivity index (χ0n) is 17.0. The van der Waals surface area contributed by atoms with Crippen LogP contribution in [0, 0.1) is 20.8 Å². The molecule has 2 aromatic heterocycles. The number of hydrogen-bond donors (Lipinski definition) is 2. The summed E-state index contributed by atoms with van der Waals surface area (Å²) in [6.45, 7) is 5.76. The van der Waals surface area contributed by atoms with E-state index < -0.39 is 15.8 Å². The largest absolute Gasteiger partial charge is 0.478 e. The van der Waals surface area contributed by atoms with Gasteiger partial charge in [0.1, 0.15) is 0 Å². The molecule has 0 radical (unpaired) electrons. The summed E-state index contributed by atoms with van der Waals surface area (Å²) in [5.74, 6) is -1.03. The number of aromatic amines is 1. The van der Waals surface area contributed by atoms with Gasteiger partial charge in [-0.3, -0.25) is 0 Å². The molecule has 8 nitrogen and oxygen atoms in total. The van der Waals surface area contributed by atoms with Gasteiger partial charge in [0.15, 0.2) is 9.84 Å². The zero-order chi connectivity index (χ0) is 22.5. The third-order valence-electron chi connectivity index (χ3n) is 5.08. The molecule has 160 valence electrons. The Hall–Kier alpha value is -3.17. The van der Waals surface area contributed by atoms with E-state index in [1.54, 1.807) is 0 Å². The Morgan fingerprint density at radius 2 is 1.84 bits per heavy atom. The van der Waals surface area contributed by atoms with E-state index in [-0.39, 0.29) is 27.2 Å². The van der Waals surface area contributed by atoms with E-state index in [0.717, 1.165) is 22.3 Å². The van der Waals surface area contributed by atoms with E-state index in [1.807, 2.05) is 32.9 Å². The molecule has 10 heteroatoms. The van der Waals surface area contributed by atoms with Crippen LogP contribution in [-0.4, -0.2) is 39.2 Å². The number of hydrogen-bond acceptors (Lipinski definition) is 5. The van der Waals surface area contributed by atoms with E-state index in [2.05, 4.69) is 15.1 Å². The summed E-state index contributed by atoms with van der Waals surface area (Å²) in [5.41, 5.74) is 4.54. The van der Waals surface area contributed by atoms with E-state index in [1.165, 1.54) is 29.2 Å². The number of sulfone groups is 1. The molecule has 31 heavy (non-hydrogen) atoms. The number of carbonyl (C=O) groups is 1. The van der Waals surface area contributed by atoms with Gasteiger partial charge in [-0.05, 0) is 49.6 Å². The van der Waals surface area contributed by atoms with Crippen LogP contribution in [0.15, 0.2) is 41.6 Å². The molecule has 0 unspecified atom stereocenters. The molecule has 0 aliphatic heterocycles. The lowest BCUT2D eigenvalue weighted by Gasteiger charge is -2.13. The normalized spacial score (nSPS) is 11.9. The molecule has 0 fully saturated rings. The second kappa shape index (κ2) is 7.51. The Labute approximate surface area is 183 Å². The third kappa shape index (κ3) is 3.94. The Morgan fingerprint density at radius 1 is 1.16 bits per heavy atom. The molecular weight excluding hydrogens is 440 g/mol. The van der Waals surface area contributed by atoms with Crippen LogP contribution in [0.4, 0.5) is 0 Å². The minimum absolute atomic E-state index is 0.00271. The fraction of sp³-hybridized carbons (Fsp3) is 0.190. The van der Waals surface area contributed by atoms with Crippen LogP contribution in [-0.2, 0) is 15.6 Å². The van der Waals surface area contributed by atoms with Crippen molar-refractivity contribution in [2.24, 2.45) is 0 Å². The predicted octanol–water partition coefficient (Wildman–Crippen LogP) is 4.00. The van der Waals surface area contributed by atoms with Gasteiger partial charge in [0.2, 0.25) is 5.95 Å². The summed E-state index contributed by atoms with van der Waals surface area (Å²) in [5, 5.41) is 13.1. The van der Waals surface area contributed by atoms with Crippen LogP contribution in [0.25, 0.3) is 17.0 Å². The number of aromatic nitrogens is 4. The first kappa shape index (κ1) is 21.1. The lowest BCUT2D eigenvalue weighted by Crippen LogP contribution is -2.08.